The first kappa shape index (κ1) is 14.0. The van der Waals surface area contributed by atoms with E-state index >= 15 is 0 Å². The minimum Gasteiger partial charge on any atom is -0.339 e. The minimum atomic E-state index is -0.367. The van der Waals surface area contributed by atoms with Gasteiger partial charge in [-0.15, -0.1) is 0 Å². The average Bonchev–Trinajstić information content (AvgIpc) is 2.83. The van der Waals surface area contributed by atoms with E-state index in [-0.39, 0.29) is 18.2 Å². The van der Waals surface area contributed by atoms with Crippen molar-refractivity contribution in [2.24, 2.45) is 5.73 Å². The van der Waals surface area contributed by atoms with E-state index < -0.39 is 0 Å². The van der Waals surface area contributed by atoms with Crippen molar-refractivity contribution in [2.45, 2.75) is 25.7 Å². The van der Waals surface area contributed by atoms with E-state index in [0.29, 0.717) is 28.8 Å². The molecule has 0 saturated carbocycles. The van der Waals surface area contributed by atoms with Gasteiger partial charge in [-0.05, 0) is 25.1 Å². The smallest absolute Gasteiger partial charge is 0.229 e. The molecule has 0 fully saturated rings. The SMILES string of the molecule is CC(CCN)c1nc(Cc2c(F)cccc2Cl)no1. The Balaban J connectivity index is 2.16. The molecule has 0 aliphatic rings. The number of benzene rings is 1. The maximum absolute atomic E-state index is 13.6. The van der Waals surface area contributed by atoms with Gasteiger partial charge >= 0.3 is 0 Å². The number of aromatic nitrogens is 2. The molecule has 0 aliphatic carbocycles. The summed E-state index contributed by atoms with van der Waals surface area (Å²) in [5, 5.41) is 4.21. The molecule has 2 aromatic rings. The second-order valence-corrected chi connectivity index (χ2v) is 4.81. The number of hydrogen-bond acceptors (Lipinski definition) is 4. The summed E-state index contributed by atoms with van der Waals surface area (Å²) in [5.41, 5.74) is 5.86. The molecule has 0 saturated heterocycles. The summed E-state index contributed by atoms with van der Waals surface area (Å²) in [6.45, 7) is 2.51. The van der Waals surface area contributed by atoms with Gasteiger partial charge in [-0.25, -0.2) is 4.39 Å². The summed E-state index contributed by atoms with van der Waals surface area (Å²) in [4.78, 5) is 4.25. The van der Waals surface area contributed by atoms with Crippen LogP contribution in [0.25, 0.3) is 0 Å². The number of halogens is 2. The Morgan fingerprint density at radius 3 is 2.95 bits per heavy atom. The zero-order valence-corrected chi connectivity index (χ0v) is 11.3. The number of nitrogens with zero attached hydrogens (tertiary/aromatic N) is 2. The molecule has 2 rings (SSSR count). The molecule has 1 unspecified atom stereocenters. The molecule has 0 radical (unpaired) electrons. The second-order valence-electron chi connectivity index (χ2n) is 4.40. The molecule has 0 bridgehead atoms. The van der Waals surface area contributed by atoms with Crippen LogP contribution in [-0.2, 0) is 6.42 Å². The first-order chi connectivity index (χ1) is 9.11. The molecule has 1 heterocycles. The lowest BCUT2D eigenvalue weighted by Gasteiger charge is -2.03. The molecule has 2 N–H and O–H groups in total. The third-order valence-electron chi connectivity index (χ3n) is 2.90. The van der Waals surface area contributed by atoms with Gasteiger partial charge in [0.15, 0.2) is 5.82 Å². The van der Waals surface area contributed by atoms with Crippen molar-refractivity contribution in [1.82, 2.24) is 10.1 Å². The fourth-order valence-corrected chi connectivity index (χ4v) is 2.00. The Bertz CT molecular complexity index is 538. The normalized spacial score (nSPS) is 12.6. The Morgan fingerprint density at radius 1 is 1.47 bits per heavy atom. The van der Waals surface area contributed by atoms with Gasteiger partial charge in [0.1, 0.15) is 5.82 Å². The molecule has 4 nitrogen and oxygen atoms in total. The molecule has 102 valence electrons. The molecular weight excluding hydrogens is 269 g/mol. The van der Waals surface area contributed by atoms with Crippen LogP contribution in [0.4, 0.5) is 4.39 Å². The van der Waals surface area contributed by atoms with Gasteiger partial charge in [-0.2, -0.15) is 4.98 Å². The third kappa shape index (κ3) is 3.30. The molecule has 0 aliphatic heterocycles. The minimum absolute atomic E-state index is 0.0994. The molecule has 19 heavy (non-hydrogen) atoms. The number of hydrogen-bond donors (Lipinski definition) is 1. The molecule has 0 amide bonds. The van der Waals surface area contributed by atoms with E-state index in [0.717, 1.165) is 6.42 Å². The maximum Gasteiger partial charge on any atom is 0.229 e. The molecule has 1 atom stereocenters. The highest BCUT2D eigenvalue weighted by atomic mass is 35.5. The summed E-state index contributed by atoms with van der Waals surface area (Å²) < 4.78 is 18.8. The third-order valence-corrected chi connectivity index (χ3v) is 3.26. The Kier molecular flexibility index (Phi) is 4.50. The van der Waals surface area contributed by atoms with Gasteiger partial charge in [0.05, 0.1) is 0 Å². The van der Waals surface area contributed by atoms with Crippen LogP contribution < -0.4 is 5.73 Å². The highest BCUT2D eigenvalue weighted by Gasteiger charge is 2.16. The van der Waals surface area contributed by atoms with E-state index in [1.165, 1.54) is 6.07 Å². The van der Waals surface area contributed by atoms with E-state index in [1.807, 2.05) is 6.92 Å². The lowest BCUT2D eigenvalue weighted by molar-refractivity contribution is 0.351. The highest BCUT2D eigenvalue weighted by Crippen LogP contribution is 2.22. The molecular formula is C13H15ClFN3O. The van der Waals surface area contributed by atoms with Crippen LogP contribution in [-0.4, -0.2) is 16.7 Å². The Morgan fingerprint density at radius 2 is 2.26 bits per heavy atom. The van der Waals surface area contributed by atoms with Gasteiger partial charge in [0, 0.05) is 22.9 Å². The quantitative estimate of drug-likeness (QED) is 0.916. The summed E-state index contributed by atoms with van der Waals surface area (Å²) in [6.07, 6.45) is 0.979. The summed E-state index contributed by atoms with van der Waals surface area (Å²) in [7, 11) is 0. The van der Waals surface area contributed by atoms with E-state index in [2.05, 4.69) is 10.1 Å². The molecule has 0 spiro atoms. The van der Waals surface area contributed by atoms with Crippen molar-refractivity contribution in [3.63, 3.8) is 0 Å². The lowest BCUT2D eigenvalue weighted by Crippen LogP contribution is -2.05. The monoisotopic (exact) mass is 283 g/mol. The van der Waals surface area contributed by atoms with Crippen LogP contribution in [0.3, 0.4) is 0 Å². The predicted molar refractivity (Wildman–Crippen MR) is 70.6 cm³/mol. The van der Waals surface area contributed by atoms with Gasteiger partial charge in [0.2, 0.25) is 5.89 Å². The van der Waals surface area contributed by atoms with E-state index in [4.69, 9.17) is 21.9 Å². The second kappa shape index (κ2) is 6.12. The molecule has 6 heteroatoms. The molecule has 1 aromatic heterocycles. The Labute approximate surface area is 115 Å². The fraction of sp³-hybridized carbons (Fsp3) is 0.385. The predicted octanol–water partition coefficient (Wildman–Crippen LogP) is 2.91. The number of nitrogens with two attached hydrogens (primary N) is 1. The van der Waals surface area contributed by atoms with Crippen molar-refractivity contribution in [3.05, 3.63) is 46.3 Å². The van der Waals surface area contributed by atoms with Gasteiger partial charge < -0.3 is 10.3 Å². The van der Waals surface area contributed by atoms with Crippen LogP contribution in [0.2, 0.25) is 5.02 Å². The van der Waals surface area contributed by atoms with Gasteiger partial charge in [-0.1, -0.05) is 29.7 Å². The van der Waals surface area contributed by atoms with Gasteiger partial charge in [0.25, 0.3) is 0 Å². The lowest BCUT2D eigenvalue weighted by atomic mass is 10.1. The average molecular weight is 284 g/mol. The standard InChI is InChI=1S/C13H15ClFN3O/c1-8(5-6-16)13-17-12(18-19-13)7-9-10(14)3-2-4-11(9)15/h2-4,8H,5-7,16H2,1H3. The van der Waals surface area contributed by atoms with Gasteiger partial charge in [-0.3, -0.25) is 0 Å². The largest absolute Gasteiger partial charge is 0.339 e. The van der Waals surface area contributed by atoms with Crippen LogP contribution in [0.1, 0.15) is 36.5 Å². The van der Waals surface area contributed by atoms with Crippen molar-refractivity contribution in [3.8, 4) is 0 Å². The summed E-state index contributed by atoms with van der Waals surface area (Å²) in [6, 6.07) is 4.56. The van der Waals surface area contributed by atoms with Crippen LogP contribution in [0.15, 0.2) is 22.7 Å². The fourth-order valence-electron chi connectivity index (χ4n) is 1.77. The van der Waals surface area contributed by atoms with Crippen molar-refractivity contribution >= 4 is 11.6 Å². The zero-order valence-electron chi connectivity index (χ0n) is 10.6. The van der Waals surface area contributed by atoms with Crippen molar-refractivity contribution in [1.29, 1.82) is 0 Å². The summed E-state index contributed by atoms with van der Waals surface area (Å²) >= 11 is 5.96. The zero-order chi connectivity index (χ0) is 13.8. The first-order valence-electron chi connectivity index (χ1n) is 6.07. The Hall–Kier alpha value is -1.46. The number of rotatable bonds is 5. The van der Waals surface area contributed by atoms with Crippen molar-refractivity contribution < 1.29 is 8.91 Å². The topological polar surface area (TPSA) is 64.9 Å². The maximum atomic E-state index is 13.6. The van der Waals surface area contributed by atoms with Crippen LogP contribution in [0, 0.1) is 5.82 Å². The summed E-state index contributed by atoms with van der Waals surface area (Å²) in [5.74, 6) is 0.676. The van der Waals surface area contributed by atoms with Crippen LogP contribution in [0.5, 0.6) is 0 Å². The van der Waals surface area contributed by atoms with Crippen LogP contribution >= 0.6 is 11.6 Å². The van der Waals surface area contributed by atoms with Crippen molar-refractivity contribution in [2.75, 3.05) is 6.54 Å². The first-order valence-corrected chi connectivity index (χ1v) is 6.45. The van der Waals surface area contributed by atoms with E-state index in [9.17, 15) is 4.39 Å². The van der Waals surface area contributed by atoms with E-state index in [1.54, 1.807) is 12.1 Å². The molecule has 1 aromatic carbocycles. The highest BCUT2D eigenvalue weighted by molar-refractivity contribution is 6.31.